The highest BCUT2D eigenvalue weighted by Crippen LogP contribution is 2.25. The maximum absolute atomic E-state index is 11.2. The molecule has 94 valence electrons. The Morgan fingerprint density at radius 2 is 2.11 bits per heavy atom. The van der Waals surface area contributed by atoms with E-state index in [2.05, 4.69) is 57.7 Å². The Kier molecular flexibility index (Phi) is 4.58. The minimum absolute atomic E-state index is 0.162. The van der Waals surface area contributed by atoms with Crippen LogP contribution in [0.15, 0.2) is 47.6 Å². The van der Waals surface area contributed by atoms with E-state index in [1.54, 1.807) is 0 Å². The Morgan fingerprint density at radius 3 is 2.83 bits per heavy atom. The molecule has 0 N–H and O–H groups in total. The van der Waals surface area contributed by atoms with Gasteiger partial charge in [-0.3, -0.25) is 4.79 Å². The van der Waals surface area contributed by atoms with Crippen LogP contribution in [0.3, 0.4) is 0 Å². The van der Waals surface area contributed by atoms with Crippen molar-refractivity contribution in [3.05, 3.63) is 56.7 Å². The number of ether oxygens (including phenoxy) is 1. The number of benzene rings is 1. The van der Waals surface area contributed by atoms with Crippen LogP contribution in [-0.4, -0.2) is 13.1 Å². The van der Waals surface area contributed by atoms with Crippen LogP contribution in [0.5, 0.6) is 0 Å². The van der Waals surface area contributed by atoms with E-state index in [0.29, 0.717) is 6.42 Å². The largest absolute Gasteiger partial charge is 0.469 e. The zero-order chi connectivity index (χ0) is 13.0. The monoisotopic (exact) mass is 354 g/mol. The molecule has 0 amide bonds. The van der Waals surface area contributed by atoms with Gasteiger partial charge in [0.15, 0.2) is 0 Å². The van der Waals surface area contributed by atoms with E-state index in [0.717, 1.165) is 18.4 Å². The number of rotatable bonds is 4. The molecule has 1 aromatic carbocycles. The van der Waals surface area contributed by atoms with Gasteiger partial charge in [0.25, 0.3) is 0 Å². The van der Waals surface area contributed by atoms with E-state index in [1.807, 2.05) is 6.08 Å². The Labute approximate surface area is 121 Å². The van der Waals surface area contributed by atoms with Crippen LogP contribution in [0.25, 0.3) is 0 Å². The summed E-state index contributed by atoms with van der Waals surface area (Å²) in [5, 5.41) is 0. The molecule has 0 radical (unpaired) electrons. The molecule has 1 aliphatic rings. The fourth-order valence-electron chi connectivity index (χ4n) is 2.05. The smallest absolute Gasteiger partial charge is 0.309 e. The molecule has 2 nitrogen and oxygen atoms in total. The summed E-state index contributed by atoms with van der Waals surface area (Å²) in [5.74, 6) is -0.162. The van der Waals surface area contributed by atoms with Gasteiger partial charge in [-0.05, 0) is 53.1 Å². The average Bonchev–Trinajstić information content (AvgIpc) is 2.76. The third-order valence-corrected chi connectivity index (χ3v) is 3.60. The second kappa shape index (κ2) is 6.18. The topological polar surface area (TPSA) is 26.3 Å². The summed E-state index contributed by atoms with van der Waals surface area (Å²) in [4.78, 5) is 11.2. The van der Waals surface area contributed by atoms with Crippen LogP contribution < -0.4 is 0 Å². The van der Waals surface area contributed by atoms with E-state index in [-0.39, 0.29) is 5.97 Å². The number of hydrogen-bond acceptors (Lipinski definition) is 2. The quantitative estimate of drug-likeness (QED) is 0.610. The fraction of sp³-hybridized carbons (Fsp3) is 0.267. The van der Waals surface area contributed by atoms with E-state index < -0.39 is 0 Å². The van der Waals surface area contributed by atoms with Crippen LogP contribution in [0.1, 0.15) is 18.4 Å². The van der Waals surface area contributed by atoms with Gasteiger partial charge >= 0.3 is 5.97 Å². The normalized spacial score (nSPS) is 14.1. The standard InChI is InChI=1S/C15H15IO2/c1-18-15(17)10-13-6-5-12(8-13)7-11-3-2-4-14(16)9-11/h2-6,9H,7-8,10H2,1H3. The molecule has 3 heteroatoms. The van der Waals surface area contributed by atoms with Crippen molar-refractivity contribution in [2.75, 3.05) is 7.11 Å². The first-order chi connectivity index (χ1) is 8.67. The third-order valence-electron chi connectivity index (χ3n) is 2.93. The van der Waals surface area contributed by atoms with Crippen molar-refractivity contribution in [1.82, 2.24) is 0 Å². The molecule has 1 aromatic rings. The Hall–Kier alpha value is -1.10. The summed E-state index contributed by atoms with van der Waals surface area (Å²) in [5.41, 5.74) is 3.82. The summed E-state index contributed by atoms with van der Waals surface area (Å²) >= 11 is 2.32. The third kappa shape index (κ3) is 3.70. The van der Waals surface area contributed by atoms with Crippen LogP contribution in [0.2, 0.25) is 0 Å². The number of carbonyl (C=O) groups is 1. The molecular weight excluding hydrogens is 339 g/mol. The highest BCUT2D eigenvalue weighted by molar-refractivity contribution is 14.1. The van der Waals surface area contributed by atoms with Gasteiger partial charge in [0.05, 0.1) is 13.5 Å². The lowest BCUT2D eigenvalue weighted by Gasteiger charge is -2.05. The lowest BCUT2D eigenvalue weighted by molar-refractivity contribution is -0.139. The molecule has 1 aliphatic carbocycles. The minimum Gasteiger partial charge on any atom is -0.469 e. The average molecular weight is 354 g/mol. The van der Waals surface area contributed by atoms with Gasteiger partial charge < -0.3 is 4.74 Å². The van der Waals surface area contributed by atoms with Crippen molar-refractivity contribution in [2.24, 2.45) is 0 Å². The minimum atomic E-state index is -0.162. The lowest BCUT2D eigenvalue weighted by Crippen LogP contribution is -2.01. The first-order valence-electron chi connectivity index (χ1n) is 5.86. The Bertz CT molecular complexity index is 515. The van der Waals surface area contributed by atoms with Gasteiger partial charge in [-0.1, -0.05) is 35.4 Å². The first kappa shape index (κ1) is 13.3. The maximum Gasteiger partial charge on any atom is 0.309 e. The van der Waals surface area contributed by atoms with Gasteiger partial charge in [-0.25, -0.2) is 0 Å². The number of methoxy groups -OCH3 is 1. The molecule has 2 rings (SSSR count). The van der Waals surface area contributed by atoms with Crippen LogP contribution >= 0.6 is 22.6 Å². The van der Waals surface area contributed by atoms with Crippen molar-refractivity contribution in [3.8, 4) is 0 Å². The van der Waals surface area contributed by atoms with Gasteiger partial charge in [0.2, 0.25) is 0 Å². The van der Waals surface area contributed by atoms with Crippen LogP contribution in [-0.2, 0) is 16.0 Å². The fourth-order valence-corrected chi connectivity index (χ4v) is 2.66. The molecule has 18 heavy (non-hydrogen) atoms. The molecule has 0 saturated heterocycles. The zero-order valence-electron chi connectivity index (χ0n) is 10.3. The number of allylic oxidation sites excluding steroid dienone is 3. The van der Waals surface area contributed by atoms with Crippen molar-refractivity contribution in [2.45, 2.75) is 19.3 Å². The molecule has 0 bridgehead atoms. The summed E-state index contributed by atoms with van der Waals surface area (Å²) < 4.78 is 5.93. The zero-order valence-corrected chi connectivity index (χ0v) is 12.4. The highest BCUT2D eigenvalue weighted by Gasteiger charge is 2.12. The summed E-state index contributed by atoms with van der Waals surface area (Å²) in [6.45, 7) is 0. The molecule has 0 heterocycles. The second-order valence-electron chi connectivity index (χ2n) is 4.39. The van der Waals surface area contributed by atoms with E-state index in [9.17, 15) is 4.79 Å². The van der Waals surface area contributed by atoms with Gasteiger partial charge in [0.1, 0.15) is 0 Å². The van der Waals surface area contributed by atoms with Crippen molar-refractivity contribution in [1.29, 1.82) is 0 Å². The van der Waals surface area contributed by atoms with Crippen molar-refractivity contribution < 1.29 is 9.53 Å². The predicted octanol–water partition coefficient (Wildman–Crippen LogP) is 3.65. The van der Waals surface area contributed by atoms with Gasteiger partial charge in [0, 0.05) is 3.57 Å². The Morgan fingerprint density at radius 1 is 1.33 bits per heavy atom. The van der Waals surface area contributed by atoms with Crippen molar-refractivity contribution in [3.63, 3.8) is 0 Å². The highest BCUT2D eigenvalue weighted by atomic mass is 127. The molecule has 0 spiro atoms. The SMILES string of the molecule is COC(=O)CC1=CC=C(Cc2cccc(I)c2)C1. The Balaban J connectivity index is 1.90. The van der Waals surface area contributed by atoms with Crippen LogP contribution in [0, 0.1) is 3.57 Å². The first-order valence-corrected chi connectivity index (χ1v) is 6.94. The number of esters is 1. The summed E-state index contributed by atoms with van der Waals surface area (Å²) in [6, 6.07) is 8.50. The van der Waals surface area contributed by atoms with Crippen molar-refractivity contribution >= 4 is 28.6 Å². The molecule has 0 aliphatic heterocycles. The van der Waals surface area contributed by atoms with Crippen LogP contribution in [0.4, 0.5) is 0 Å². The summed E-state index contributed by atoms with van der Waals surface area (Å²) in [6.07, 6.45) is 6.42. The van der Waals surface area contributed by atoms with E-state index in [1.165, 1.54) is 21.8 Å². The van der Waals surface area contributed by atoms with Gasteiger partial charge in [-0.2, -0.15) is 0 Å². The molecule has 0 fully saturated rings. The van der Waals surface area contributed by atoms with E-state index in [4.69, 9.17) is 0 Å². The molecular formula is C15H15IO2. The molecule has 0 aromatic heterocycles. The van der Waals surface area contributed by atoms with Gasteiger partial charge in [-0.15, -0.1) is 0 Å². The summed E-state index contributed by atoms with van der Waals surface area (Å²) in [7, 11) is 1.43. The lowest BCUT2D eigenvalue weighted by atomic mass is 10.0. The van der Waals surface area contributed by atoms with E-state index >= 15 is 0 Å². The second-order valence-corrected chi connectivity index (χ2v) is 5.63. The maximum atomic E-state index is 11.2. The number of carbonyl (C=O) groups excluding carboxylic acids is 1. The molecule has 0 atom stereocenters. The molecule has 0 unspecified atom stereocenters. The predicted molar refractivity (Wildman–Crippen MR) is 80.3 cm³/mol. The number of halogens is 1. The molecule has 0 saturated carbocycles. The number of hydrogen-bond donors (Lipinski definition) is 0.